The number of Topliss-reactive ketones (excluding diaryl/α,β-unsaturated/α-hetero) is 1. The average molecular weight is 1140 g/mol. The Morgan fingerprint density at radius 3 is 0.923 bits per heavy atom. The molecule has 78 heavy (non-hydrogen) atoms. The van der Waals surface area contributed by atoms with Gasteiger partial charge in [-0.2, -0.15) is 132 Å². The van der Waals surface area contributed by atoms with Gasteiger partial charge < -0.3 is 4.74 Å². The zero-order valence-corrected chi connectivity index (χ0v) is 38.4. The van der Waals surface area contributed by atoms with Crippen molar-refractivity contribution in [1.82, 2.24) is 0 Å². The number of nitrogens with zero attached hydrogens (tertiary/aromatic N) is 1. The van der Waals surface area contributed by atoms with Crippen molar-refractivity contribution in [3.8, 4) is 5.75 Å². The number of benzene rings is 6. The molecule has 0 saturated carbocycles. The van der Waals surface area contributed by atoms with Crippen molar-refractivity contribution in [3.05, 3.63) is 190 Å². The lowest BCUT2D eigenvalue weighted by Crippen LogP contribution is -2.75. The maximum Gasteiger partial charge on any atom is 0.416 e. The largest absolute Gasteiger partial charge is 0.497 e. The molecule has 28 heteroatoms. The molecule has 3 nitrogen and oxygen atoms in total. The minimum atomic E-state index is -6.13. The van der Waals surface area contributed by atoms with Crippen LogP contribution in [0.2, 0.25) is 0 Å². The fourth-order valence-corrected chi connectivity index (χ4v) is 8.45. The Morgan fingerprint density at radius 2 is 0.654 bits per heavy atom. The Morgan fingerprint density at radius 1 is 0.385 bits per heavy atom. The first-order valence-corrected chi connectivity index (χ1v) is 21.4. The molecule has 1 aromatic heterocycles. The number of fused-ring (bicyclic) bond motifs is 1. The Balaban J connectivity index is 0.000000387. The maximum absolute atomic E-state index is 14.2. The van der Waals surface area contributed by atoms with E-state index in [1.165, 1.54) is 0 Å². The van der Waals surface area contributed by atoms with E-state index in [1.54, 1.807) is 31.4 Å². The monoisotopic (exact) mass is 1140 g/mol. The second-order valence-corrected chi connectivity index (χ2v) is 17.1. The number of ether oxygens (including phenoxy) is 1. The SMILES string of the molecule is COc1ccc(C(=O)C[n+]2cccc3ccccc32)cc1.FC(F)(F)c1cc([B-](c2cc(C(F)(F)F)cc(C(F)(F)F)c2)(c2cc(C(F)(F)F)cc(C(F)(F)F)c2)c2cc(C(F)(F)F)cc(C(F)(F)F)c2)cc(C(F)(F)F)c1. The van der Waals surface area contributed by atoms with E-state index in [4.69, 9.17) is 4.74 Å². The number of hydrogen-bond donors (Lipinski definition) is 0. The van der Waals surface area contributed by atoms with Crippen molar-refractivity contribution in [3.63, 3.8) is 0 Å². The van der Waals surface area contributed by atoms with E-state index < -0.39 is 195 Å². The van der Waals surface area contributed by atoms with E-state index >= 15 is 0 Å². The lowest BCUT2D eigenvalue weighted by Gasteiger charge is -2.46. The molecule has 0 atom stereocenters. The summed E-state index contributed by atoms with van der Waals surface area (Å²) in [5.74, 6) is 0.836. The molecule has 0 amide bonds. The highest BCUT2D eigenvalue weighted by molar-refractivity contribution is 7.20. The van der Waals surface area contributed by atoms with Crippen molar-refractivity contribution < 1.29 is 119 Å². The normalized spacial score (nSPS) is 13.3. The second-order valence-electron chi connectivity index (χ2n) is 17.1. The molecule has 7 rings (SSSR count). The number of para-hydroxylation sites is 1. The van der Waals surface area contributed by atoms with Gasteiger partial charge in [0.25, 0.3) is 0 Å². The molecule has 0 fully saturated rings. The van der Waals surface area contributed by atoms with E-state index in [0.717, 1.165) is 16.7 Å². The minimum Gasteiger partial charge on any atom is -0.497 e. The summed E-state index contributed by atoms with van der Waals surface area (Å²) in [6.07, 6.45) is -52.9. The third-order valence-electron chi connectivity index (χ3n) is 12.0. The van der Waals surface area contributed by atoms with Crippen LogP contribution < -0.4 is 31.2 Å². The first kappa shape index (κ1) is 59.8. The van der Waals surface area contributed by atoms with Crippen LogP contribution in [0.5, 0.6) is 5.75 Å². The van der Waals surface area contributed by atoms with Gasteiger partial charge in [-0.15, -0.1) is 0 Å². The lowest BCUT2D eigenvalue weighted by molar-refractivity contribution is -0.657. The Bertz CT molecular complexity index is 2880. The van der Waals surface area contributed by atoms with Crippen LogP contribution in [0.3, 0.4) is 0 Å². The van der Waals surface area contributed by atoms with Crippen LogP contribution in [0.15, 0.2) is 140 Å². The van der Waals surface area contributed by atoms with Gasteiger partial charge in [-0.3, -0.25) is 4.79 Å². The predicted molar refractivity (Wildman–Crippen MR) is 232 cm³/mol. The number of methoxy groups -OCH3 is 1. The summed E-state index contributed by atoms with van der Waals surface area (Å²) in [7, 11) is 1.61. The molecule has 0 aliphatic heterocycles. The van der Waals surface area contributed by atoms with Crippen LogP contribution in [-0.4, -0.2) is 19.0 Å². The van der Waals surface area contributed by atoms with Gasteiger partial charge in [0, 0.05) is 23.1 Å². The molecule has 0 bridgehead atoms. The molecule has 0 unspecified atom stereocenters. The second kappa shape index (κ2) is 20.8. The van der Waals surface area contributed by atoms with E-state index in [1.807, 2.05) is 47.2 Å². The van der Waals surface area contributed by atoms with Crippen molar-refractivity contribution in [2.24, 2.45) is 0 Å². The fraction of sp³-hybridized carbons (Fsp3) is 0.200. The Labute approximate surface area is 422 Å². The van der Waals surface area contributed by atoms with Crippen LogP contribution in [0.1, 0.15) is 54.9 Å². The van der Waals surface area contributed by atoms with E-state index in [-0.39, 0.29) is 5.78 Å². The molecule has 0 aliphatic rings. The van der Waals surface area contributed by atoms with Gasteiger partial charge in [0.05, 0.1) is 51.6 Å². The van der Waals surface area contributed by atoms with E-state index in [0.29, 0.717) is 12.1 Å². The standard InChI is InChI=1S/C32H12BF24.C18H16NO2/c34-25(35,36)13-1-14(26(37,38)39)6-21(5-13)33(22-7-15(27(40,41)42)2-16(8-22)28(43,44)45,23-9-17(29(46,47)48)3-18(10-23)30(49,50)51)24-11-19(31(52,53)54)4-20(12-24)32(55,56)57;1-21-16-10-8-15(9-11-16)18(20)13-19-12-4-6-14-5-2-3-7-17(14)19/h1-12H;2-12H,13H2,1H3/q-1;+1. The molecular formula is C50H28BF24NO2. The maximum atomic E-state index is 14.2. The molecule has 0 spiro atoms. The minimum absolute atomic E-state index is 0.0824. The van der Waals surface area contributed by atoms with Crippen molar-refractivity contribution in [2.75, 3.05) is 7.11 Å². The molecule has 0 aliphatic carbocycles. The summed E-state index contributed by atoms with van der Waals surface area (Å²) in [5.41, 5.74) is -28.5. The van der Waals surface area contributed by atoms with Gasteiger partial charge in [-0.25, -0.2) is 0 Å². The Hall–Kier alpha value is -7.42. The molecule has 416 valence electrons. The van der Waals surface area contributed by atoms with Crippen molar-refractivity contribution in [2.45, 2.75) is 56.0 Å². The molecule has 1 heterocycles. The summed E-state index contributed by atoms with van der Waals surface area (Å²) in [4.78, 5) is 12.4. The molecule has 0 radical (unpaired) electrons. The smallest absolute Gasteiger partial charge is 0.416 e. The summed E-state index contributed by atoms with van der Waals surface area (Å²) < 4.78 is 348. The molecule has 6 aromatic carbocycles. The summed E-state index contributed by atoms with van der Waals surface area (Å²) in [6.45, 7) is 0.327. The molecule has 0 saturated heterocycles. The van der Waals surface area contributed by atoms with Crippen LogP contribution in [-0.2, 0) is 56.0 Å². The average Bonchev–Trinajstić information content (AvgIpc) is 3.46. The number of hydrogen-bond acceptors (Lipinski definition) is 2. The zero-order chi connectivity index (χ0) is 58.6. The highest BCUT2D eigenvalue weighted by atomic mass is 19.4. The quantitative estimate of drug-likeness (QED) is 0.0657. The van der Waals surface area contributed by atoms with Crippen LogP contribution in [0, 0.1) is 0 Å². The van der Waals surface area contributed by atoms with Crippen molar-refractivity contribution >= 4 is 44.7 Å². The van der Waals surface area contributed by atoms with E-state index in [9.17, 15) is 110 Å². The van der Waals surface area contributed by atoms with E-state index in [2.05, 4.69) is 0 Å². The number of carbonyl (C=O) groups excluding carboxylic acids is 1. The molecular weight excluding hydrogens is 1110 g/mol. The summed E-state index contributed by atoms with van der Waals surface area (Å²) >= 11 is 0. The molecule has 7 aromatic rings. The van der Waals surface area contributed by atoms with Gasteiger partial charge >= 0.3 is 49.4 Å². The van der Waals surface area contributed by atoms with Crippen LogP contribution in [0.4, 0.5) is 105 Å². The number of ketones is 1. The first-order valence-electron chi connectivity index (χ1n) is 21.4. The number of carbonyl (C=O) groups is 1. The molecule has 0 N–H and O–H groups in total. The highest BCUT2D eigenvalue weighted by Crippen LogP contribution is 2.41. The number of pyridine rings is 1. The van der Waals surface area contributed by atoms with Gasteiger partial charge in [-0.05, 0) is 60.7 Å². The van der Waals surface area contributed by atoms with Gasteiger partial charge in [0.15, 0.2) is 6.20 Å². The third-order valence-corrected chi connectivity index (χ3v) is 12.0. The topological polar surface area (TPSA) is 30.2 Å². The van der Waals surface area contributed by atoms with Gasteiger partial charge in [0.2, 0.25) is 17.8 Å². The Kier molecular flexibility index (Phi) is 15.9. The van der Waals surface area contributed by atoms with Crippen LogP contribution in [0.25, 0.3) is 10.9 Å². The predicted octanol–water partition coefficient (Wildman–Crippen LogP) is 14.2. The first-order chi connectivity index (χ1) is 35.5. The fourth-order valence-electron chi connectivity index (χ4n) is 8.45. The highest BCUT2D eigenvalue weighted by Gasteiger charge is 2.47. The van der Waals surface area contributed by atoms with Gasteiger partial charge in [-0.1, -0.05) is 60.7 Å². The van der Waals surface area contributed by atoms with Crippen LogP contribution >= 0.6 is 0 Å². The summed E-state index contributed by atoms with van der Waals surface area (Å²) in [5, 5.41) is 1.13. The number of halogens is 24. The number of alkyl halides is 24. The van der Waals surface area contributed by atoms with Gasteiger partial charge in [0.1, 0.15) is 11.9 Å². The lowest BCUT2D eigenvalue weighted by atomic mass is 9.12. The summed E-state index contributed by atoms with van der Waals surface area (Å²) in [6, 6.07) is 10.5. The third kappa shape index (κ3) is 13.3. The zero-order valence-electron chi connectivity index (χ0n) is 38.4. The number of aromatic nitrogens is 1. The van der Waals surface area contributed by atoms with Crippen molar-refractivity contribution in [1.29, 1.82) is 0 Å². The number of rotatable bonds is 8.